The molecule has 0 aliphatic rings. The molecule has 0 N–H and O–H groups in total. The molecule has 0 aliphatic carbocycles. The standard InChI is InChI=1S/C70H142/c1-12-16-20-24-28-32-36-39-43-47-51-55-59-63-70(61-57-53-49-45-41-35-31-27-23-19-15-4,62-58-54-50-46-42-38-34-30-26-22-18-14-3)66(69(10,11)65-68(8,9)64-67(5,6)7)60-56-52-48-44-40-37-33-29-25-21-17-13-2/h66H,12-65H2,1-11H3. The van der Waals surface area contributed by atoms with Gasteiger partial charge in [-0.15, -0.1) is 0 Å². The van der Waals surface area contributed by atoms with Crippen LogP contribution in [0.15, 0.2) is 0 Å². The van der Waals surface area contributed by atoms with E-state index >= 15 is 0 Å². The molecule has 422 valence electrons. The van der Waals surface area contributed by atoms with Crippen LogP contribution in [0.2, 0.25) is 0 Å². The Kier molecular flexibility index (Phi) is 48.6. The van der Waals surface area contributed by atoms with Crippen molar-refractivity contribution >= 4 is 0 Å². The van der Waals surface area contributed by atoms with Crippen LogP contribution in [0, 0.1) is 27.6 Å². The molecule has 0 bridgehead atoms. The summed E-state index contributed by atoms with van der Waals surface area (Å²) in [7, 11) is 0. The maximum atomic E-state index is 2.81. The zero-order chi connectivity index (χ0) is 51.8. The first-order valence-electron chi connectivity index (χ1n) is 33.8. The van der Waals surface area contributed by atoms with E-state index in [-0.39, 0.29) is 0 Å². The molecule has 0 aromatic carbocycles. The third kappa shape index (κ3) is 44.3. The monoisotopic (exact) mass is 983 g/mol. The van der Waals surface area contributed by atoms with E-state index in [0.29, 0.717) is 21.7 Å². The van der Waals surface area contributed by atoms with Gasteiger partial charge in [0.15, 0.2) is 0 Å². The summed E-state index contributed by atoms with van der Waals surface area (Å²) in [5.41, 5.74) is 1.61. The molecule has 70 heavy (non-hydrogen) atoms. The second kappa shape index (κ2) is 48.6. The number of hydrogen-bond acceptors (Lipinski definition) is 0. The quantitative estimate of drug-likeness (QED) is 0.0533. The van der Waals surface area contributed by atoms with E-state index in [2.05, 4.69) is 76.2 Å². The van der Waals surface area contributed by atoms with Crippen LogP contribution in [0.4, 0.5) is 0 Å². The first kappa shape index (κ1) is 70.0. The van der Waals surface area contributed by atoms with Gasteiger partial charge in [0.05, 0.1) is 0 Å². The minimum atomic E-state index is 0.359. The molecule has 0 saturated carbocycles. The van der Waals surface area contributed by atoms with Crippen LogP contribution in [0.3, 0.4) is 0 Å². The third-order valence-electron chi connectivity index (χ3n) is 17.6. The van der Waals surface area contributed by atoms with Gasteiger partial charge >= 0.3 is 0 Å². The molecule has 0 amide bonds. The van der Waals surface area contributed by atoms with Gasteiger partial charge in [0.2, 0.25) is 0 Å². The molecule has 0 radical (unpaired) electrons. The lowest BCUT2D eigenvalue weighted by Crippen LogP contribution is -2.43. The molecule has 0 nitrogen and oxygen atoms in total. The van der Waals surface area contributed by atoms with Gasteiger partial charge in [-0.2, -0.15) is 0 Å². The third-order valence-corrected chi connectivity index (χ3v) is 17.6. The molecule has 2 unspecified atom stereocenters. The smallest absolute Gasteiger partial charge is 0.0264 e. The lowest BCUT2D eigenvalue weighted by atomic mass is 9.53. The molecule has 0 aromatic heterocycles. The second-order valence-corrected chi connectivity index (χ2v) is 27.6. The molecule has 0 heteroatoms. The van der Waals surface area contributed by atoms with E-state index in [9.17, 15) is 0 Å². The van der Waals surface area contributed by atoms with Gasteiger partial charge in [-0.25, -0.2) is 0 Å². The Morgan fingerprint density at radius 2 is 0.429 bits per heavy atom. The van der Waals surface area contributed by atoms with Crippen molar-refractivity contribution in [3.63, 3.8) is 0 Å². The van der Waals surface area contributed by atoms with Crippen LogP contribution in [0.5, 0.6) is 0 Å². The van der Waals surface area contributed by atoms with E-state index in [1.54, 1.807) is 0 Å². The van der Waals surface area contributed by atoms with Crippen LogP contribution in [-0.4, -0.2) is 0 Å². The molecular formula is C70H142. The number of hydrogen-bond donors (Lipinski definition) is 0. The van der Waals surface area contributed by atoms with Crippen LogP contribution in [0.25, 0.3) is 0 Å². The molecule has 0 fully saturated rings. The van der Waals surface area contributed by atoms with Crippen molar-refractivity contribution in [3.8, 4) is 0 Å². The Labute approximate surface area is 448 Å². The van der Waals surface area contributed by atoms with Crippen LogP contribution in [0.1, 0.15) is 423 Å². The van der Waals surface area contributed by atoms with E-state index in [0.717, 1.165) is 5.92 Å². The maximum Gasteiger partial charge on any atom is -0.0264 e. The molecule has 2 atom stereocenters. The van der Waals surface area contributed by atoms with Crippen molar-refractivity contribution in [2.45, 2.75) is 423 Å². The van der Waals surface area contributed by atoms with Gasteiger partial charge in [0.1, 0.15) is 0 Å². The average Bonchev–Trinajstić information content (AvgIpc) is 3.30. The summed E-state index contributed by atoms with van der Waals surface area (Å²) in [5.74, 6) is 0.843. The van der Waals surface area contributed by atoms with E-state index in [1.807, 2.05) is 0 Å². The van der Waals surface area contributed by atoms with Crippen molar-refractivity contribution in [2.24, 2.45) is 27.6 Å². The topological polar surface area (TPSA) is 0 Å². The average molecular weight is 984 g/mol. The highest BCUT2D eigenvalue weighted by molar-refractivity contribution is 4.97. The maximum absolute atomic E-state index is 2.81. The molecule has 0 rings (SSSR count). The van der Waals surface area contributed by atoms with Crippen LogP contribution < -0.4 is 0 Å². The molecule has 0 heterocycles. The van der Waals surface area contributed by atoms with Crippen molar-refractivity contribution in [2.75, 3.05) is 0 Å². The molecular weight excluding hydrogens is 841 g/mol. The second-order valence-electron chi connectivity index (χ2n) is 27.6. The van der Waals surface area contributed by atoms with E-state index in [4.69, 9.17) is 0 Å². The first-order chi connectivity index (χ1) is 33.8. The van der Waals surface area contributed by atoms with Crippen LogP contribution in [-0.2, 0) is 0 Å². The fraction of sp³-hybridized carbons (Fsp3) is 1.00. The van der Waals surface area contributed by atoms with Gasteiger partial charge < -0.3 is 0 Å². The van der Waals surface area contributed by atoms with E-state index < -0.39 is 0 Å². The normalized spacial score (nSPS) is 13.9. The summed E-state index contributed by atoms with van der Waals surface area (Å²) in [5, 5.41) is 0. The fourth-order valence-electron chi connectivity index (χ4n) is 14.4. The van der Waals surface area contributed by atoms with Gasteiger partial charge in [-0.05, 0) is 66.1 Å². The fourth-order valence-corrected chi connectivity index (χ4v) is 14.4. The Morgan fingerprint density at radius 1 is 0.229 bits per heavy atom. The van der Waals surface area contributed by atoms with E-state index in [1.165, 1.54) is 347 Å². The molecule has 0 aliphatic heterocycles. The summed E-state index contributed by atoms with van der Waals surface area (Å²) >= 11 is 0. The molecule has 0 spiro atoms. The van der Waals surface area contributed by atoms with Gasteiger partial charge in [0.25, 0.3) is 0 Å². The first-order valence-corrected chi connectivity index (χ1v) is 33.8. The number of rotatable bonds is 57. The van der Waals surface area contributed by atoms with Crippen LogP contribution >= 0.6 is 0 Å². The SMILES string of the molecule is CCCCCCCCCCCCCCCC(CCCCCCCCCCCCC)(CCCCCCCCCCCCCC)C(CCCCCCCCCCCCCC)C(C)(C)CC(C)(C)CC(C)(C)C. The summed E-state index contributed by atoms with van der Waals surface area (Å²) in [4.78, 5) is 0. The zero-order valence-corrected chi connectivity index (χ0v) is 51.8. The minimum absolute atomic E-state index is 0.359. The van der Waals surface area contributed by atoms with Gasteiger partial charge in [0, 0.05) is 0 Å². The lowest BCUT2D eigenvalue weighted by molar-refractivity contribution is -0.0238. The minimum Gasteiger partial charge on any atom is -0.0654 e. The zero-order valence-electron chi connectivity index (χ0n) is 51.8. The largest absolute Gasteiger partial charge is 0.0654 e. The van der Waals surface area contributed by atoms with Gasteiger partial charge in [-0.1, -0.05) is 384 Å². The molecule has 0 aromatic rings. The predicted octanol–water partition coefficient (Wildman–Crippen LogP) is 26.8. The van der Waals surface area contributed by atoms with Crippen molar-refractivity contribution < 1.29 is 0 Å². The molecule has 0 saturated heterocycles. The summed E-state index contributed by atoms with van der Waals surface area (Å²) in [6, 6.07) is 0. The Hall–Kier alpha value is 0. The highest BCUT2D eigenvalue weighted by Gasteiger charge is 2.47. The predicted molar refractivity (Wildman–Crippen MR) is 325 cm³/mol. The summed E-state index contributed by atoms with van der Waals surface area (Å²) in [6.07, 6.45) is 79.1. The van der Waals surface area contributed by atoms with Crippen molar-refractivity contribution in [3.05, 3.63) is 0 Å². The summed E-state index contributed by atoms with van der Waals surface area (Å²) in [6.45, 7) is 27.8. The van der Waals surface area contributed by atoms with Crippen molar-refractivity contribution in [1.29, 1.82) is 0 Å². The summed E-state index contributed by atoms with van der Waals surface area (Å²) < 4.78 is 0. The Bertz CT molecular complexity index is 1010. The number of unbranched alkanes of at least 4 members (excludes halogenated alkanes) is 44. The van der Waals surface area contributed by atoms with Crippen molar-refractivity contribution in [1.82, 2.24) is 0 Å². The highest BCUT2D eigenvalue weighted by Crippen LogP contribution is 2.57. The Balaban J connectivity index is 6.26. The Morgan fingerprint density at radius 3 is 0.643 bits per heavy atom. The lowest BCUT2D eigenvalue weighted by Gasteiger charge is -2.52. The van der Waals surface area contributed by atoms with Gasteiger partial charge in [-0.3, -0.25) is 0 Å². The highest BCUT2D eigenvalue weighted by atomic mass is 14.5.